The number of hydrogen-bond donors (Lipinski definition) is 1. The van der Waals surface area contributed by atoms with Crippen molar-refractivity contribution in [3.63, 3.8) is 0 Å². The van der Waals surface area contributed by atoms with Crippen molar-refractivity contribution in [1.82, 2.24) is 14.5 Å². The van der Waals surface area contributed by atoms with Gasteiger partial charge in [0.1, 0.15) is 0 Å². The van der Waals surface area contributed by atoms with E-state index in [0.29, 0.717) is 11.6 Å². The fraction of sp³-hybridized carbons (Fsp3) is 0.133. The minimum Gasteiger partial charge on any atom is -0.270 e. The highest BCUT2D eigenvalue weighted by Crippen LogP contribution is 2.18. The highest BCUT2D eigenvalue weighted by Gasteiger charge is 2.13. The molecule has 0 radical (unpaired) electrons. The van der Waals surface area contributed by atoms with Crippen LogP contribution in [-0.4, -0.2) is 24.7 Å². The molecule has 0 aliphatic carbocycles. The van der Waals surface area contributed by atoms with Gasteiger partial charge in [-0.05, 0) is 22.9 Å². The molecule has 3 rings (SSSR count). The monoisotopic (exact) mass is 335 g/mol. The van der Waals surface area contributed by atoms with Gasteiger partial charge in [-0.1, -0.05) is 41.9 Å². The molecule has 0 spiro atoms. The number of benzene rings is 2. The summed E-state index contributed by atoms with van der Waals surface area (Å²) in [4.78, 5) is 0.254. The summed E-state index contributed by atoms with van der Waals surface area (Å²) in [5.41, 5.74) is 0. The first kappa shape index (κ1) is 15.0. The van der Waals surface area contributed by atoms with Crippen molar-refractivity contribution in [2.75, 3.05) is 6.54 Å². The second kappa shape index (κ2) is 6.08. The van der Waals surface area contributed by atoms with Crippen LogP contribution in [0.2, 0.25) is 5.02 Å². The maximum absolute atomic E-state index is 12.3. The molecule has 0 aliphatic heterocycles. The Hall–Kier alpha value is -1.89. The predicted octanol–water partition coefficient (Wildman–Crippen LogP) is 2.67. The van der Waals surface area contributed by atoms with Crippen LogP contribution < -0.4 is 4.72 Å². The van der Waals surface area contributed by atoms with E-state index in [9.17, 15) is 8.42 Å². The molecule has 0 unspecified atom stereocenters. The molecule has 2 aromatic carbocycles. The highest BCUT2D eigenvalue weighted by atomic mass is 35.5. The van der Waals surface area contributed by atoms with Gasteiger partial charge in [0.25, 0.3) is 0 Å². The van der Waals surface area contributed by atoms with Gasteiger partial charge in [0.05, 0.1) is 22.7 Å². The Morgan fingerprint density at radius 3 is 2.64 bits per heavy atom. The lowest BCUT2D eigenvalue weighted by Crippen LogP contribution is -2.27. The molecular formula is C15H14ClN3O2S. The maximum Gasteiger partial charge on any atom is 0.240 e. The highest BCUT2D eigenvalue weighted by molar-refractivity contribution is 7.89. The van der Waals surface area contributed by atoms with E-state index >= 15 is 0 Å². The zero-order valence-electron chi connectivity index (χ0n) is 11.6. The van der Waals surface area contributed by atoms with Gasteiger partial charge in [0.15, 0.2) is 0 Å². The Morgan fingerprint density at radius 2 is 1.91 bits per heavy atom. The average molecular weight is 336 g/mol. The summed E-state index contributed by atoms with van der Waals surface area (Å²) >= 11 is 5.76. The fourth-order valence-corrected chi connectivity index (χ4v) is 3.39. The van der Waals surface area contributed by atoms with Gasteiger partial charge in [-0.25, -0.2) is 13.1 Å². The summed E-state index contributed by atoms with van der Waals surface area (Å²) in [7, 11) is -3.54. The molecule has 0 saturated carbocycles. The quantitative estimate of drug-likeness (QED) is 0.779. The standard InChI is InChI=1S/C15H14ClN3O2S/c16-14-10-17-19(11-14)8-7-18-22(20,21)15-6-5-12-3-1-2-4-13(12)9-15/h1-6,9-11,18H,7-8H2. The first-order chi connectivity index (χ1) is 10.5. The SMILES string of the molecule is O=S(=O)(NCCn1cc(Cl)cn1)c1ccc2ccccc2c1. The van der Waals surface area contributed by atoms with Crippen LogP contribution in [0.4, 0.5) is 0 Å². The van der Waals surface area contributed by atoms with E-state index in [2.05, 4.69) is 9.82 Å². The molecule has 0 aliphatic rings. The van der Waals surface area contributed by atoms with E-state index in [1.807, 2.05) is 24.3 Å². The topological polar surface area (TPSA) is 64.0 Å². The van der Waals surface area contributed by atoms with E-state index in [-0.39, 0.29) is 11.4 Å². The molecule has 3 aromatic rings. The normalized spacial score (nSPS) is 11.9. The third-order valence-electron chi connectivity index (χ3n) is 3.27. The van der Waals surface area contributed by atoms with Crippen molar-refractivity contribution in [3.8, 4) is 0 Å². The average Bonchev–Trinajstić information content (AvgIpc) is 2.92. The second-order valence-corrected chi connectivity index (χ2v) is 7.03. The van der Waals surface area contributed by atoms with E-state index in [1.54, 1.807) is 29.1 Å². The molecule has 1 aromatic heterocycles. The number of hydrogen-bond acceptors (Lipinski definition) is 3. The van der Waals surface area contributed by atoms with Gasteiger partial charge < -0.3 is 0 Å². The number of aromatic nitrogens is 2. The van der Waals surface area contributed by atoms with Crippen LogP contribution in [0.1, 0.15) is 0 Å². The molecule has 0 bridgehead atoms. The summed E-state index contributed by atoms with van der Waals surface area (Å²) in [5.74, 6) is 0. The smallest absolute Gasteiger partial charge is 0.240 e. The van der Waals surface area contributed by atoms with Crippen LogP contribution in [-0.2, 0) is 16.6 Å². The number of nitrogens with one attached hydrogen (secondary N) is 1. The zero-order valence-corrected chi connectivity index (χ0v) is 13.2. The summed E-state index contributed by atoms with van der Waals surface area (Å²) in [5, 5.41) is 6.42. The molecule has 114 valence electrons. The van der Waals surface area contributed by atoms with Crippen molar-refractivity contribution < 1.29 is 8.42 Å². The number of fused-ring (bicyclic) bond motifs is 1. The largest absolute Gasteiger partial charge is 0.270 e. The summed E-state index contributed by atoms with van der Waals surface area (Å²) in [6.45, 7) is 0.659. The summed E-state index contributed by atoms with van der Waals surface area (Å²) in [6, 6.07) is 12.7. The van der Waals surface area contributed by atoms with Crippen LogP contribution in [0.5, 0.6) is 0 Å². The lowest BCUT2D eigenvalue weighted by atomic mass is 10.1. The van der Waals surface area contributed by atoms with Crippen LogP contribution in [0.25, 0.3) is 10.8 Å². The third kappa shape index (κ3) is 3.30. The molecule has 1 heterocycles. The van der Waals surface area contributed by atoms with Crippen molar-refractivity contribution >= 4 is 32.4 Å². The van der Waals surface area contributed by atoms with Crippen LogP contribution in [0.3, 0.4) is 0 Å². The Balaban J connectivity index is 1.73. The van der Waals surface area contributed by atoms with Gasteiger partial charge in [0.2, 0.25) is 10.0 Å². The molecule has 7 heteroatoms. The zero-order chi connectivity index (χ0) is 15.6. The van der Waals surface area contributed by atoms with E-state index in [1.165, 1.54) is 6.20 Å². The van der Waals surface area contributed by atoms with Crippen LogP contribution in [0, 0.1) is 0 Å². The van der Waals surface area contributed by atoms with Gasteiger partial charge in [-0.2, -0.15) is 5.10 Å². The first-order valence-electron chi connectivity index (χ1n) is 6.71. The van der Waals surface area contributed by atoms with Crippen molar-refractivity contribution in [1.29, 1.82) is 0 Å². The van der Waals surface area contributed by atoms with E-state index < -0.39 is 10.0 Å². The Kier molecular flexibility index (Phi) is 4.15. The third-order valence-corrected chi connectivity index (χ3v) is 4.92. The number of rotatable bonds is 5. The van der Waals surface area contributed by atoms with Crippen LogP contribution >= 0.6 is 11.6 Å². The minimum atomic E-state index is -3.54. The molecular weight excluding hydrogens is 322 g/mol. The molecule has 0 saturated heterocycles. The predicted molar refractivity (Wildman–Crippen MR) is 86.4 cm³/mol. The Labute approximate surface area is 133 Å². The van der Waals surface area contributed by atoms with Crippen molar-refractivity contribution in [3.05, 3.63) is 59.9 Å². The van der Waals surface area contributed by atoms with Crippen molar-refractivity contribution in [2.24, 2.45) is 0 Å². The molecule has 0 fully saturated rings. The molecule has 0 atom stereocenters. The van der Waals surface area contributed by atoms with Crippen molar-refractivity contribution in [2.45, 2.75) is 11.4 Å². The number of nitrogens with zero attached hydrogens (tertiary/aromatic N) is 2. The lowest BCUT2D eigenvalue weighted by molar-refractivity contribution is 0.561. The fourth-order valence-electron chi connectivity index (χ4n) is 2.17. The molecule has 22 heavy (non-hydrogen) atoms. The van der Waals surface area contributed by atoms with Crippen LogP contribution in [0.15, 0.2) is 59.8 Å². The van der Waals surface area contributed by atoms with Gasteiger partial charge >= 0.3 is 0 Å². The van der Waals surface area contributed by atoms with E-state index in [4.69, 9.17) is 11.6 Å². The van der Waals surface area contributed by atoms with Gasteiger partial charge in [0, 0.05) is 12.7 Å². The molecule has 1 N–H and O–H groups in total. The number of halogens is 1. The van der Waals surface area contributed by atoms with Gasteiger partial charge in [-0.3, -0.25) is 4.68 Å². The number of sulfonamides is 1. The summed E-state index contributed by atoms with van der Waals surface area (Å²) in [6.07, 6.45) is 3.16. The molecule has 0 amide bonds. The maximum atomic E-state index is 12.3. The Morgan fingerprint density at radius 1 is 1.14 bits per heavy atom. The first-order valence-corrected chi connectivity index (χ1v) is 8.57. The lowest BCUT2D eigenvalue weighted by Gasteiger charge is -2.08. The van der Waals surface area contributed by atoms with E-state index in [0.717, 1.165) is 10.8 Å². The summed E-state index contributed by atoms with van der Waals surface area (Å²) < 4.78 is 28.8. The molecule has 5 nitrogen and oxygen atoms in total. The Bertz CT molecular complexity index is 906. The second-order valence-electron chi connectivity index (χ2n) is 4.83. The minimum absolute atomic E-state index is 0.243. The van der Waals surface area contributed by atoms with Gasteiger partial charge in [-0.15, -0.1) is 0 Å².